The molecule has 0 bridgehead atoms. The summed E-state index contributed by atoms with van der Waals surface area (Å²) < 4.78 is 0.793. The molecule has 1 heterocycles. The largest absolute Gasteiger partial charge is 0.355 e. The number of amides is 1. The molecule has 1 saturated carbocycles. The topological polar surface area (TPSA) is 66.9 Å². The van der Waals surface area contributed by atoms with Gasteiger partial charge < -0.3 is 10.6 Å². The number of hydrogen-bond donors (Lipinski definition) is 2. The highest BCUT2D eigenvalue weighted by molar-refractivity contribution is 8.01. The fourth-order valence-corrected chi connectivity index (χ4v) is 4.30. The molecule has 0 radical (unpaired) electrons. The number of hydrogen-bond acceptors (Lipinski definition) is 6. The lowest BCUT2D eigenvalue weighted by Crippen LogP contribution is -2.29. The van der Waals surface area contributed by atoms with Crippen LogP contribution in [0.25, 0.3) is 0 Å². The second-order valence-corrected chi connectivity index (χ2v) is 9.27. The smallest absolute Gasteiger partial charge is 0.238 e. The van der Waals surface area contributed by atoms with Gasteiger partial charge >= 0.3 is 0 Å². The molecule has 1 fully saturated rings. The normalized spacial score (nSPS) is 15.8. The van der Waals surface area contributed by atoms with Crippen molar-refractivity contribution in [3.63, 3.8) is 0 Å². The van der Waals surface area contributed by atoms with Crippen LogP contribution in [0.15, 0.2) is 34.7 Å². The Balaban J connectivity index is 1.75. The number of carbonyl (C=O) groups is 1. The van der Waals surface area contributed by atoms with Crippen LogP contribution < -0.4 is 10.6 Å². The summed E-state index contributed by atoms with van der Waals surface area (Å²) in [6, 6.07) is 10.2. The third-order valence-electron chi connectivity index (χ3n) is 3.37. The molecule has 2 N–H and O–H groups in total. The Morgan fingerprint density at radius 2 is 1.96 bits per heavy atom. The first-order valence-electron chi connectivity index (χ1n) is 8.04. The van der Waals surface area contributed by atoms with Gasteiger partial charge in [-0.05, 0) is 39.2 Å². The molecule has 3 rings (SSSR count). The molecule has 7 heteroatoms. The summed E-state index contributed by atoms with van der Waals surface area (Å²) in [5, 5.41) is 15.3. The lowest BCUT2D eigenvalue weighted by molar-refractivity contribution is -0.120. The van der Waals surface area contributed by atoms with Crippen LogP contribution in [0.4, 0.5) is 5.13 Å². The number of aromatic nitrogens is 2. The zero-order valence-corrected chi connectivity index (χ0v) is 15.7. The molecule has 0 aliphatic heterocycles. The second kappa shape index (κ2) is 7.11. The number of nitrogens with zero attached hydrogens (tertiary/aromatic N) is 2. The first kappa shape index (κ1) is 17.2. The van der Waals surface area contributed by atoms with Crippen molar-refractivity contribution in [2.24, 2.45) is 0 Å². The molecule has 128 valence electrons. The van der Waals surface area contributed by atoms with Crippen molar-refractivity contribution >= 4 is 34.1 Å². The molecule has 1 aliphatic carbocycles. The molecule has 1 aliphatic rings. The molecule has 1 aromatic carbocycles. The highest BCUT2D eigenvalue weighted by atomic mass is 32.2. The Labute approximate surface area is 150 Å². The van der Waals surface area contributed by atoms with Gasteiger partial charge in [-0.15, -0.1) is 10.2 Å². The van der Waals surface area contributed by atoms with E-state index in [9.17, 15) is 4.79 Å². The quantitative estimate of drug-likeness (QED) is 0.764. The van der Waals surface area contributed by atoms with Gasteiger partial charge in [0.05, 0.1) is 0 Å². The second-order valence-electron chi connectivity index (χ2n) is 6.94. The highest BCUT2D eigenvalue weighted by Crippen LogP contribution is 2.39. The Kier molecular flexibility index (Phi) is 5.10. The lowest BCUT2D eigenvalue weighted by Gasteiger charge is -2.18. The minimum absolute atomic E-state index is 0.0502. The van der Waals surface area contributed by atoms with E-state index in [1.807, 2.05) is 30.3 Å². The first-order valence-corrected chi connectivity index (χ1v) is 9.74. The van der Waals surface area contributed by atoms with Gasteiger partial charge in [-0.25, -0.2) is 0 Å². The summed E-state index contributed by atoms with van der Waals surface area (Å²) in [6.45, 7) is 6.24. The minimum Gasteiger partial charge on any atom is -0.355 e. The molecule has 2 aromatic rings. The Hall–Kier alpha value is -1.60. The summed E-state index contributed by atoms with van der Waals surface area (Å²) in [5.74, 6) is 0.0502. The fourth-order valence-electron chi connectivity index (χ4n) is 2.13. The fraction of sp³-hybridized carbons (Fsp3) is 0.471. The molecule has 1 amide bonds. The Morgan fingerprint density at radius 1 is 1.25 bits per heavy atom. The third-order valence-corrected chi connectivity index (χ3v) is 5.55. The number of thioether (sulfide) groups is 1. The maximum atomic E-state index is 12.6. The summed E-state index contributed by atoms with van der Waals surface area (Å²) in [4.78, 5) is 12.6. The molecule has 1 aromatic heterocycles. The SMILES string of the molecule is CC(C)(C)Nc1nnc(S[C@H](C(=O)NC2CC2)c2ccccc2)s1. The van der Waals surface area contributed by atoms with E-state index in [-0.39, 0.29) is 16.7 Å². The molecule has 0 spiro atoms. The lowest BCUT2D eigenvalue weighted by atomic mass is 10.1. The Morgan fingerprint density at radius 3 is 2.58 bits per heavy atom. The standard InChI is InChI=1S/C17H22N4OS2/c1-17(2,3)19-15-20-21-16(24-15)23-13(11-7-5-4-6-8-11)14(22)18-12-9-10-12/h4-8,12-13H,9-10H2,1-3H3,(H,18,22)(H,19,20)/t13-/m0/s1. The number of anilines is 1. The molecule has 1 atom stereocenters. The molecule has 0 unspecified atom stereocenters. The predicted octanol–water partition coefficient (Wildman–Crippen LogP) is 3.86. The van der Waals surface area contributed by atoms with Crippen molar-refractivity contribution in [3.05, 3.63) is 35.9 Å². The predicted molar refractivity (Wildman–Crippen MR) is 99.5 cm³/mol. The van der Waals surface area contributed by atoms with Gasteiger partial charge in [0, 0.05) is 11.6 Å². The van der Waals surface area contributed by atoms with Crippen LogP contribution in [0, 0.1) is 0 Å². The highest BCUT2D eigenvalue weighted by Gasteiger charge is 2.30. The average molecular weight is 363 g/mol. The first-order chi connectivity index (χ1) is 11.4. The van der Waals surface area contributed by atoms with E-state index in [0.29, 0.717) is 6.04 Å². The summed E-state index contributed by atoms with van der Waals surface area (Å²) >= 11 is 2.94. The van der Waals surface area contributed by atoms with E-state index in [2.05, 4.69) is 41.6 Å². The van der Waals surface area contributed by atoms with Crippen LogP contribution in [0.5, 0.6) is 0 Å². The molecule has 24 heavy (non-hydrogen) atoms. The van der Waals surface area contributed by atoms with Crippen molar-refractivity contribution in [1.82, 2.24) is 15.5 Å². The summed E-state index contributed by atoms with van der Waals surface area (Å²) in [7, 11) is 0. The minimum atomic E-state index is -0.303. The van der Waals surface area contributed by atoms with Crippen LogP contribution in [-0.2, 0) is 4.79 Å². The van der Waals surface area contributed by atoms with Crippen molar-refractivity contribution in [2.75, 3.05) is 5.32 Å². The monoisotopic (exact) mass is 362 g/mol. The maximum Gasteiger partial charge on any atom is 0.238 e. The summed E-state index contributed by atoms with van der Waals surface area (Å²) in [5.41, 5.74) is 0.921. The van der Waals surface area contributed by atoms with E-state index < -0.39 is 0 Å². The maximum absolute atomic E-state index is 12.6. The van der Waals surface area contributed by atoms with Gasteiger partial charge in [0.1, 0.15) is 5.25 Å². The number of benzene rings is 1. The van der Waals surface area contributed by atoms with Crippen LogP contribution in [0.1, 0.15) is 44.4 Å². The molecular weight excluding hydrogens is 340 g/mol. The Bertz CT molecular complexity index is 692. The van der Waals surface area contributed by atoms with Crippen LogP contribution in [-0.4, -0.2) is 27.7 Å². The van der Waals surface area contributed by atoms with Crippen LogP contribution in [0.3, 0.4) is 0 Å². The van der Waals surface area contributed by atoms with Gasteiger partial charge in [0.15, 0.2) is 4.34 Å². The number of carbonyl (C=O) groups excluding carboxylic acids is 1. The van der Waals surface area contributed by atoms with E-state index in [0.717, 1.165) is 27.9 Å². The summed E-state index contributed by atoms with van der Waals surface area (Å²) in [6.07, 6.45) is 2.16. The van der Waals surface area contributed by atoms with Gasteiger partial charge in [0.2, 0.25) is 11.0 Å². The zero-order valence-electron chi connectivity index (χ0n) is 14.1. The third kappa shape index (κ3) is 4.95. The van der Waals surface area contributed by atoms with Crippen LogP contribution >= 0.6 is 23.1 Å². The number of rotatable bonds is 6. The van der Waals surface area contributed by atoms with Gasteiger partial charge in [-0.2, -0.15) is 0 Å². The van der Waals surface area contributed by atoms with Gasteiger partial charge in [0.25, 0.3) is 0 Å². The van der Waals surface area contributed by atoms with Gasteiger partial charge in [-0.1, -0.05) is 53.4 Å². The van der Waals surface area contributed by atoms with E-state index in [4.69, 9.17) is 0 Å². The van der Waals surface area contributed by atoms with Crippen molar-refractivity contribution in [3.8, 4) is 0 Å². The molecular formula is C17H22N4OS2. The zero-order chi connectivity index (χ0) is 17.2. The van der Waals surface area contributed by atoms with E-state index >= 15 is 0 Å². The number of nitrogens with one attached hydrogen (secondary N) is 2. The van der Waals surface area contributed by atoms with Crippen LogP contribution in [0.2, 0.25) is 0 Å². The molecule has 5 nitrogen and oxygen atoms in total. The van der Waals surface area contributed by atoms with Crippen molar-refractivity contribution in [2.45, 2.75) is 54.8 Å². The molecule has 0 saturated heterocycles. The van der Waals surface area contributed by atoms with Crippen molar-refractivity contribution in [1.29, 1.82) is 0 Å². The van der Waals surface area contributed by atoms with E-state index in [1.54, 1.807) is 0 Å². The van der Waals surface area contributed by atoms with E-state index in [1.165, 1.54) is 23.1 Å². The van der Waals surface area contributed by atoms with Crippen molar-refractivity contribution < 1.29 is 4.79 Å². The van der Waals surface area contributed by atoms with Gasteiger partial charge in [-0.3, -0.25) is 4.79 Å². The average Bonchev–Trinajstić information content (AvgIpc) is 3.22.